The van der Waals surface area contributed by atoms with E-state index in [1.54, 1.807) is 0 Å². The summed E-state index contributed by atoms with van der Waals surface area (Å²) in [6.45, 7) is 5.04. The third kappa shape index (κ3) is 5.43. The second-order valence-electron chi connectivity index (χ2n) is 7.02. The first kappa shape index (κ1) is 20.7. The molecule has 0 unspecified atom stereocenters. The molecule has 0 bridgehead atoms. The molecule has 146 valence electrons. The van der Waals surface area contributed by atoms with Crippen molar-refractivity contribution in [1.29, 1.82) is 0 Å². The Morgan fingerprint density at radius 2 is 1.96 bits per heavy atom. The Morgan fingerprint density at radius 3 is 2.54 bits per heavy atom. The molecule has 0 radical (unpaired) electrons. The zero-order valence-corrected chi connectivity index (χ0v) is 16.8. The third-order valence-electron chi connectivity index (χ3n) is 4.30. The highest BCUT2D eigenvalue weighted by molar-refractivity contribution is 7.86. The van der Waals surface area contributed by atoms with Gasteiger partial charge in [-0.2, -0.15) is 17.0 Å². The van der Waals surface area contributed by atoms with E-state index >= 15 is 0 Å². The zero-order valence-electron chi connectivity index (χ0n) is 15.9. The second-order valence-corrected chi connectivity index (χ2v) is 9.16. The van der Waals surface area contributed by atoms with Gasteiger partial charge in [-0.1, -0.05) is 12.1 Å². The van der Waals surface area contributed by atoms with Crippen molar-refractivity contribution in [3.8, 4) is 5.75 Å². The number of ether oxygens (including phenoxy) is 1. The average Bonchev–Trinajstić information content (AvgIpc) is 2.60. The van der Waals surface area contributed by atoms with Crippen molar-refractivity contribution in [2.75, 3.05) is 27.2 Å². The molecule has 7 nitrogen and oxygen atoms in total. The third-order valence-corrected chi connectivity index (χ3v) is 6.21. The number of nitrogens with one attached hydrogen (secondary N) is 1. The lowest BCUT2D eigenvalue weighted by Crippen LogP contribution is -2.48. The van der Waals surface area contributed by atoms with Crippen molar-refractivity contribution in [3.63, 3.8) is 0 Å². The molecule has 1 aromatic rings. The van der Waals surface area contributed by atoms with Crippen LogP contribution in [-0.2, 0) is 21.5 Å². The molecule has 1 aliphatic heterocycles. The highest BCUT2D eigenvalue weighted by Gasteiger charge is 2.33. The SMILES string of the molecule is CC(C)Oc1ccc(CNC(=O)[C@@H]2CCCN(S(=O)(=O)N(C)C)C2)cc1. The molecule has 0 spiro atoms. The number of amides is 1. The van der Waals surface area contributed by atoms with E-state index in [9.17, 15) is 13.2 Å². The summed E-state index contributed by atoms with van der Waals surface area (Å²) in [5.41, 5.74) is 0.975. The normalized spacial score (nSPS) is 18.9. The Morgan fingerprint density at radius 1 is 1.31 bits per heavy atom. The second kappa shape index (κ2) is 8.83. The smallest absolute Gasteiger partial charge is 0.281 e. The zero-order chi connectivity index (χ0) is 19.3. The van der Waals surface area contributed by atoms with Crippen LogP contribution in [0.25, 0.3) is 0 Å². The van der Waals surface area contributed by atoms with Crippen LogP contribution >= 0.6 is 0 Å². The highest BCUT2D eigenvalue weighted by atomic mass is 32.2. The van der Waals surface area contributed by atoms with Gasteiger partial charge in [-0.15, -0.1) is 0 Å². The molecule has 0 aliphatic carbocycles. The minimum absolute atomic E-state index is 0.105. The molecule has 1 saturated heterocycles. The lowest BCUT2D eigenvalue weighted by Gasteiger charge is -2.32. The number of carbonyl (C=O) groups is 1. The minimum Gasteiger partial charge on any atom is -0.491 e. The van der Waals surface area contributed by atoms with Crippen LogP contribution < -0.4 is 10.1 Å². The van der Waals surface area contributed by atoms with E-state index in [0.29, 0.717) is 25.9 Å². The van der Waals surface area contributed by atoms with Gasteiger partial charge in [0.05, 0.1) is 12.0 Å². The molecule has 26 heavy (non-hydrogen) atoms. The summed E-state index contributed by atoms with van der Waals surface area (Å²) < 4.78 is 32.7. The summed E-state index contributed by atoms with van der Waals surface area (Å²) in [4.78, 5) is 12.5. The van der Waals surface area contributed by atoms with Crippen LogP contribution in [0.1, 0.15) is 32.3 Å². The van der Waals surface area contributed by atoms with E-state index < -0.39 is 10.2 Å². The summed E-state index contributed by atoms with van der Waals surface area (Å²) in [6, 6.07) is 7.60. The van der Waals surface area contributed by atoms with Crippen LogP contribution in [0.15, 0.2) is 24.3 Å². The van der Waals surface area contributed by atoms with Gasteiger partial charge >= 0.3 is 0 Å². The van der Waals surface area contributed by atoms with Gasteiger partial charge in [-0.3, -0.25) is 4.79 Å². The van der Waals surface area contributed by atoms with Crippen LogP contribution in [0.5, 0.6) is 5.75 Å². The maximum absolute atomic E-state index is 12.5. The van der Waals surface area contributed by atoms with E-state index in [2.05, 4.69) is 5.32 Å². The Labute approximate surface area is 156 Å². The van der Waals surface area contributed by atoms with Crippen molar-refractivity contribution >= 4 is 16.1 Å². The predicted molar refractivity (Wildman–Crippen MR) is 101 cm³/mol. The summed E-state index contributed by atoms with van der Waals surface area (Å²) in [6.07, 6.45) is 1.51. The van der Waals surface area contributed by atoms with Crippen molar-refractivity contribution in [3.05, 3.63) is 29.8 Å². The van der Waals surface area contributed by atoms with Gasteiger partial charge in [0, 0.05) is 33.7 Å². The molecular weight excluding hydrogens is 354 g/mol. The van der Waals surface area contributed by atoms with Crippen LogP contribution in [0.4, 0.5) is 0 Å². The van der Waals surface area contributed by atoms with Gasteiger partial charge in [0.25, 0.3) is 10.2 Å². The molecule has 8 heteroatoms. The number of benzene rings is 1. The van der Waals surface area contributed by atoms with Gasteiger partial charge in [-0.05, 0) is 44.4 Å². The predicted octanol–water partition coefficient (Wildman–Crippen LogP) is 1.61. The summed E-state index contributed by atoms with van der Waals surface area (Å²) >= 11 is 0. The minimum atomic E-state index is -3.48. The number of hydrogen-bond donors (Lipinski definition) is 1. The average molecular weight is 384 g/mol. The fraction of sp³-hybridized carbons (Fsp3) is 0.611. The molecule has 2 rings (SSSR count). The molecule has 1 atom stereocenters. The van der Waals surface area contributed by atoms with Crippen LogP contribution in [-0.4, -0.2) is 56.2 Å². The Kier molecular flexibility index (Phi) is 7.02. The van der Waals surface area contributed by atoms with Crippen LogP contribution in [0.2, 0.25) is 0 Å². The molecule has 1 fully saturated rings. The molecule has 0 aromatic heterocycles. The summed E-state index contributed by atoms with van der Waals surface area (Å²) in [7, 11) is -0.464. The number of rotatable bonds is 7. The topological polar surface area (TPSA) is 79.0 Å². The van der Waals surface area contributed by atoms with Crippen molar-refractivity contribution < 1.29 is 17.9 Å². The van der Waals surface area contributed by atoms with Crippen molar-refractivity contribution in [1.82, 2.24) is 13.9 Å². The van der Waals surface area contributed by atoms with E-state index in [4.69, 9.17) is 4.74 Å². The van der Waals surface area contributed by atoms with Crippen LogP contribution in [0.3, 0.4) is 0 Å². The Bertz CT molecular complexity index is 702. The van der Waals surface area contributed by atoms with E-state index in [1.807, 2.05) is 38.1 Å². The van der Waals surface area contributed by atoms with E-state index in [0.717, 1.165) is 11.3 Å². The number of piperidine rings is 1. The number of nitrogens with zero attached hydrogens (tertiary/aromatic N) is 2. The standard InChI is InChI=1S/C18H29N3O4S/c1-14(2)25-17-9-7-15(8-10-17)12-19-18(22)16-6-5-11-21(13-16)26(23,24)20(3)4/h7-10,14,16H,5-6,11-13H2,1-4H3,(H,19,22)/t16-/m1/s1. The maximum atomic E-state index is 12.5. The molecule has 1 amide bonds. The number of hydrogen-bond acceptors (Lipinski definition) is 4. The fourth-order valence-electron chi connectivity index (χ4n) is 2.89. The van der Waals surface area contributed by atoms with Gasteiger partial charge in [0.1, 0.15) is 5.75 Å². The largest absolute Gasteiger partial charge is 0.491 e. The first-order valence-electron chi connectivity index (χ1n) is 8.91. The van der Waals surface area contributed by atoms with Crippen molar-refractivity contribution in [2.24, 2.45) is 5.92 Å². The molecular formula is C18H29N3O4S. The van der Waals surface area contributed by atoms with E-state index in [1.165, 1.54) is 22.7 Å². The van der Waals surface area contributed by atoms with Crippen molar-refractivity contribution in [2.45, 2.75) is 39.3 Å². The molecule has 1 heterocycles. The summed E-state index contributed by atoms with van der Waals surface area (Å²) in [5, 5.41) is 2.92. The van der Waals surface area contributed by atoms with Gasteiger partial charge in [0.15, 0.2) is 0 Å². The Balaban J connectivity index is 1.89. The first-order valence-corrected chi connectivity index (χ1v) is 10.3. The quantitative estimate of drug-likeness (QED) is 0.776. The highest BCUT2D eigenvalue weighted by Crippen LogP contribution is 2.21. The van der Waals surface area contributed by atoms with Gasteiger partial charge < -0.3 is 10.1 Å². The molecule has 1 aromatic carbocycles. The molecule has 1 aliphatic rings. The molecule has 0 saturated carbocycles. The first-order chi connectivity index (χ1) is 12.2. The fourth-order valence-corrected chi connectivity index (χ4v) is 4.08. The molecule has 1 N–H and O–H groups in total. The lowest BCUT2D eigenvalue weighted by molar-refractivity contribution is -0.126. The lowest BCUT2D eigenvalue weighted by atomic mass is 9.99. The summed E-state index contributed by atoms with van der Waals surface area (Å²) in [5.74, 6) is 0.375. The maximum Gasteiger partial charge on any atom is 0.281 e. The van der Waals surface area contributed by atoms with Gasteiger partial charge in [0.2, 0.25) is 5.91 Å². The van der Waals surface area contributed by atoms with Crippen LogP contribution in [0, 0.1) is 5.92 Å². The monoisotopic (exact) mass is 383 g/mol. The number of carbonyl (C=O) groups excluding carboxylic acids is 1. The van der Waals surface area contributed by atoms with E-state index in [-0.39, 0.29) is 24.5 Å². The Hall–Kier alpha value is -1.64. The van der Waals surface area contributed by atoms with Gasteiger partial charge in [-0.25, -0.2) is 0 Å².